The van der Waals surface area contributed by atoms with Gasteiger partial charge in [-0.25, -0.2) is 0 Å². The van der Waals surface area contributed by atoms with Crippen LogP contribution in [0.15, 0.2) is 30.3 Å². The predicted molar refractivity (Wildman–Crippen MR) is 104 cm³/mol. The number of rotatable bonds is 3. The summed E-state index contributed by atoms with van der Waals surface area (Å²) in [5.74, 6) is 2.55. The molecular formula is C20H24N6O. The minimum absolute atomic E-state index is 0.186. The summed E-state index contributed by atoms with van der Waals surface area (Å²) in [6.07, 6.45) is 0.461. The number of nitrogens with zero attached hydrogens (tertiary/aromatic N) is 6. The smallest absolute Gasteiger partial charge is 0.257 e. The highest BCUT2D eigenvalue weighted by atomic mass is 16.2. The van der Waals surface area contributed by atoms with Gasteiger partial charge in [0, 0.05) is 37.9 Å². The standard InChI is InChI=1S/C20H24N6O/c1-14-4-6-17(7-5-14)13-19(27)25-10-8-24(9-11-25)18-12-15(2)26-16(3)22-23-20(26)21-18/h4-7,12H,8-11,13H2,1-3H3. The average Bonchev–Trinajstić information content (AvgIpc) is 3.05. The van der Waals surface area contributed by atoms with Crippen LogP contribution in [0.5, 0.6) is 0 Å². The molecule has 0 radical (unpaired) electrons. The molecule has 3 aromatic rings. The second-order valence-electron chi connectivity index (χ2n) is 7.17. The van der Waals surface area contributed by atoms with Crippen LogP contribution in [0, 0.1) is 20.8 Å². The SMILES string of the molecule is Cc1ccc(CC(=O)N2CCN(c3cc(C)n4c(C)nnc4n3)CC2)cc1. The van der Waals surface area contributed by atoms with Gasteiger partial charge in [-0.3, -0.25) is 9.20 Å². The first-order valence-electron chi connectivity index (χ1n) is 9.29. The highest BCUT2D eigenvalue weighted by molar-refractivity contribution is 5.79. The molecule has 0 N–H and O–H groups in total. The lowest BCUT2D eigenvalue weighted by atomic mass is 10.1. The third kappa shape index (κ3) is 3.49. The van der Waals surface area contributed by atoms with Crippen molar-refractivity contribution in [1.29, 1.82) is 0 Å². The van der Waals surface area contributed by atoms with Crippen molar-refractivity contribution >= 4 is 17.5 Å². The number of carbonyl (C=O) groups excluding carboxylic acids is 1. The molecule has 27 heavy (non-hydrogen) atoms. The van der Waals surface area contributed by atoms with Gasteiger partial charge in [-0.05, 0) is 26.3 Å². The third-order valence-electron chi connectivity index (χ3n) is 5.15. The highest BCUT2D eigenvalue weighted by Crippen LogP contribution is 2.18. The van der Waals surface area contributed by atoms with Gasteiger partial charge in [0.1, 0.15) is 11.6 Å². The number of benzene rings is 1. The molecule has 0 bridgehead atoms. The van der Waals surface area contributed by atoms with E-state index in [0.29, 0.717) is 25.3 Å². The van der Waals surface area contributed by atoms with Gasteiger partial charge in [-0.1, -0.05) is 29.8 Å². The molecule has 0 spiro atoms. The quantitative estimate of drug-likeness (QED) is 0.711. The first kappa shape index (κ1) is 17.5. The summed E-state index contributed by atoms with van der Waals surface area (Å²) in [6, 6.07) is 10.2. The van der Waals surface area contributed by atoms with Gasteiger partial charge in [0.25, 0.3) is 5.78 Å². The van der Waals surface area contributed by atoms with Gasteiger partial charge >= 0.3 is 0 Å². The van der Waals surface area contributed by atoms with Gasteiger partial charge in [-0.15, -0.1) is 10.2 Å². The van der Waals surface area contributed by atoms with Crippen molar-refractivity contribution in [2.24, 2.45) is 0 Å². The van der Waals surface area contributed by atoms with Crippen molar-refractivity contribution in [3.63, 3.8) is 0 Å². The van der Waals surface area contributed by atoms with E-state index in [-0.39, 0.29) is 5.91 Å². The maximum Gasteiger partial charge on any atom is 0.257 e. The summed E-state index contributed by atoms with van der Waals surface area (Å²) in [6.45, 7) is 8.98. The Morgan fingerprint density at radius 1 is 1.00 bits per heavy atom. The Morgan fingerprint density at radius 3 is 2.41 bits per heavy atom. The lowest BCUT2D eigenvalue weighted by molar-refractivity contribution is -0.130. The molecule has 0 atom stereocenters. The fraction of sp³-hybridized carbons (Fsp3) is 0.400. The molecule has 0 aliphatic carbocycles. The van der Waals surface area contributed by atoms with E-state index in [0.717, 1.165) is 36.0 Å². The van der Waals surface area contributed by atoms with Crippen molar-refractivity contribution < 1.29 is 4.79 Å². The van der Waals surface area contributed by atoms with Crippen LogP contribution in [-0.2, 0) is 11.2 Å². The van der Waals surface area contributed by atoms with Crippen LogP contribution in [0.2, 0.25) is 0 Å². The number of fused-ring (bicyclic) bond motifs is 1. The Bertz CT molecular complexity index is 970. The van der Waals surface area contributed by atoms with Crippen molar-refractivity contribution in [2.45, 2.75) is 27.2 Å². The molecule has 3 heterocycles. The minimum atomic E-state index is 0.186. The second-order valence-corrected chi connectivity index (χ2v) is 7.17. The molecule has 1 amide bonds. The Balaban J connectivity index is 1.41. The number of amides is 1. The van der Waals surface area contributed by atoms with E-state index in [1.165, 1.54) is 5.56 Å². The van der Waals surface area contributed by atoms with Gasteiger partial charge in [0.05, 0.1) is 6.42 Å². The number of hydrogen-bond donors (Lipinski definition) is 0. The molecular weight excluding hydrogens is 340 g/mol. The lowest BCUT2D eigenvalue weighted by Gasteiger charge is -2.35. The van der Waals surface area contributed by atoms with E-state index < -0.39 is 0 Å². The minimum Gasteiger partial charge on any atom is -0.353 e. The molecule has 1 aliphatic rings. The van der Waals surface area contributed by atoms with Crippen molar-refractivity contribution in [3.8, 4) is 0 Å². The molecule has 7 nitrogen and oxygen atoms in total. The second kappa shape index (κ2) is 6.98. The molecule has 1 saturated heterocycles. The highest BCUT2D eigenvalue weighted by Gasteiger charge is 2.23. The summed E-state index contributed by atoms with van der Waals surface area (Å²) in [4.78, 5) is 21.4. The largest absolute Gasteiger partial charge is 0.353 e. The molecule has 140 valence electrons. The van der Waals surface area contributed by atoms with Crippen molar-refractivity contribution in [3.05, 3.63) is 53.0 Å². The van der Waals surface area contributed by atoms with Crippen molar-refractivity contribution in [1.82, 2.24) is 24.5 Å². The summed E-state index contributed by atoms with van der Waals surface area (Å²) in [5.41, 5.74) is 3.34. The zero-order valence-corrected chi connectivity index (χ0v) is 16.0. The first-order chi connectivity index (χ1) is 13.0. The number of aryl methyl sites for hydroxylation is 3. The van der Waals surface area contributed by atoms with E-state index >= 15 is 0 Å². The summed E-state index contributed by atoms with van der Waals surface area (Å²) in [7, 11) is 0. The third-order valence-corrected chi connectivity index (χ3v) is 5.15. The van der Waals surface area contributed by atoms with Gasteiger partial charge in [0.2, 0.25) is 5.91 Å². The number of aromatic nitrogens is 4. The van der Waals surface area contributed by atoms with Crippen LogP contribution >= 0.6 is 0 Å². The normalized spacial score (nSPS) is 14.8. The maximum atomic E-state index is 12.6. The average molecular weight is 364 g/mol. The van der Waals surface area contributed by atoms with E-state index in [9.17, 15) is 4.79 Å². The number of hydrogen-bond acceptors (Lipinski definition) is 5. The fourth-order valence-electron chi connectivity index (χ4n) is 3.56. The van der Waals surface area contributed by atoms with Crippen molar-refractivity contribution in [2.75, 3.05) is 31.1 Å². The maximum absolute atomic E-state index is 12.6. The molecule has 0 unspecified atom stereocenters. The van der Waals surface area contributed by atoms with Gasteiger partial charge < -0.3 is 9.80 Å². The monoisotopic (exact) mass is 364 g/mol. The van der Waals surface area contributed by atoms with Crippen LogP contribution < -0.4 is 4.90 Å². The lowest BCUT2D eigenvalue weighted by Crippen LogP contribution is -2.49. The fourth-order valence-corrected chi connectivity index (χ4v) is 3.56. The molecule has 2 aromatic heterocycles. The molecule has 1 aliphatic heterocycles. The molecule has 0 saturated carbocycles. The van der Waals surface area contributed by atoms with E-state index in [2.05, 4.69) is 45.2 Å². The summed E-state index contributed by atoms with van der Waals surface area (Å²) in [5, 5.41) is 8.24. The predicted octanol–water partition coefficient (Wildman–Crippen LogP) is 1.94. The van der Waals surface area contributed by atoms with Crippen LogP contribution in [0.4, 0.5) is 5.82 Å². The van der Waals surface area contributed by atoms with E-state index in [1.54, 1.807) is 0 Å². The van der Waals surface area contributed by atoms with E-state index in [4.69, 9.17) is 0 Å². The van der Waals surface area contributed by atoms with Gasteiger partial charge in [0.15, 0.2) is 0 Å². The number of anilines is 1. The van der Waals surface area contributed by atoms with E-state index in [1.807, 2.05) is 35.3 Å². The molecule has 1 fully saturated rings. The van der Waals surface area contributed by atoms with Crippen LogP contribution in [-0.4, -0.2) is 56.6 Å². The Labute approximate surface area is 158 Å². The zero-order valence-electron chi connectivity index (χ0n) is 16.0. The van der Waals surface area contributed by atoms with Crippen LogP contribution in [0.3, 0.4) is 0 Å². The Kier molecular flexibility index (Phi) is 4.51. The van der Waals surface area contributed by atoms with Crippen LogP contribution in [0.1, 0.15) is 22.6 Å². The first-order valence-corrected chi connectivity index (χ1v) is 9.29. The summed E-state index contributed by atoms with van der Waals surface area (Å²) < 4.78 is 1.95. The zero-order chi connectivity index (χ0) is 19.0. The van der Waals surface area contributed by atoms with Crippen LogP contribution in [0.25, 0.3) is 5.78 Å². The molecule has 1 aromatic carbocycles. The number of carbonyl (C=O) groups is 1. The number of piperazine rings is 1. The molecule has 7 heteroatoms. The Morgan fingerprint density at radius 2 is 1.70 bits per heavy atom. The van der Waals surface area contributed by atoms with Gasteiger partial charge in [-0.2, -0.15) is 4.98 Å². The Hall–Kier alpha value is -2.96. The summed E-state index contributed by atoms with van der Waals surface area (Å²) >= 11 is 0. The topological polar surface area (TPSA) is 66.6 Å². The molecule has 4 rings (SSSR count).